The summed E-state index contributed by atoms with van der Waals surface area (Å²) >= 11 is 0. The first kappa shape index (κ1) is 14.0. The third-order valence-electron chi connectivity index (χ3n) is 1.98. The van der Waals surface area contributed by atoms with Gasteiger partial charge in [0.15, 0.2) is 5.54 Å². The fourth-order valence-corrected chi connectivity index (χ4v) is 1.39. The van der Waals surface area contributed by atoms with Crippen LogP contribution in [0.2, 0.25) is 0 Å². The molecule has 3 nitrogen and oxygen atoms in total. The molecule has 0 bridgehead atoms. The van der Waals surface area contributed by atoms with Crippen LogP contribution in [-0.4, -0.2) is 11.8 Å². The normalized spacial score (nSPS) is 17.7. The van der Waals surface area contributed by atoms with Gasteiger partial charge in [0, 0.05) is 6.42 Å². The molecule has 0 radical (unpaired) electrons. The summed E-state index contributed by atoms with van der Waals surface area (Å²) in [5, 5.41) is 16.3. The molecule has 0 aromatic carbocycles. The topological polar surface area (TPSA) is 48.5 Å². The minimum Gasteiger partial charge on any atom is -0.220 e. The molecule has 0 saturated carbocycles. The number of hydrogen-bond donors (Lipinski definition) is 0. The maximum atomic E-state index is 13.0. The summed E-state index contributed by atoms with van der Waals surface area (Å²) in [5.41, 5.74) is -0.883. The maximum absolute atomic E-state index is 13.0. The van der Waals surface area contributed by atoms with Gasteiger partial charge in [0.1, 0.15) is 0 Å². The molecular weight excluding hydrogens is 193 g/mol. The van der Waals surface area contributed by atoms with Crippen LogP contribution < -0.4 is 0 Å². The van der Waals surface area contributed by atoms with Crippen molar-refractivity contribution in [3.05, 3.63) is 0 Å². The Kier molecular flexibility index (Phi) is 6.07. The van der Waals surface area contributed by atoms with Crippen molar-refractivity contribution >= 4 is 0 Å². The first-order valence-corrected chi connectivity index (χ1v) is 5.41. The minimum absolute atomic E-state index is 0.345. The Labute approximate surface area is 91.4 Å². The lowest BCUT2D eigenvalue weighted by molar-refractivity contribution is 0.296. The van der Waals surface area contributed by atoms with Crippen molar-refractivity contribution in [2.45, 2.75) is 58.8 Å². The summed E-state index contributed by atoms with van der Waals surface area (Å²) in [6.07, 6.45) is 0.432. The zero-order chi connectivity index (χ0) is 11.9. The van der Waals surface area contributed by atoms with E-state index >= 15 is 0 Å². The van der Waals surface area contributed by atoms with Gasteiger partial charge in [0.25, 0.3) is 0 Å². The largest absolute Gasteiger partial charge is 0.220 e. The minimum atomic E-state index is -1.27. The molecule has 0 aromatic heterocycles. The van der Waals surface area contributed by atoms with E-state index in [1.165, 1.54) is 0 Å². The summed E-state index contributed by atoms with van der Waals surface area (Å²) < 4.78 is 13.0. The van der Waals surface area contributed by atoms with Crippen molar-refractivity contribution < 1.29 is 4.39 Å². The van der Waals surface area contributed by atoms with E-state index in [4.69, 9.17) is 5.26 Å². The molecule has 86 valence electrons. The molecule has 0 aliphatic rings. The quantitative estimate of drug-likeness (QED) is 0.488. The lowest BCUT2D eigenvalue weighted by Gasteiger charge is -2.17. The highest BCUT2D eigenvalue weighted by atomic mass is 19.1. The monoisotopic (exact) mass is 213 g/mol. The van der Waals surface area contributed by atoms with Crippen LogP contribution in [0.3, 0.4) is 0 Å². The number of nitrogens with zero attached hydrogens (tertiary/aromatic N) is 3. The average Bonchev–Trinajstić information content (AvgIpc) is 2.14. The van der Waals surface area contributed by atoms with Crippen LogP contribution in [0.15, 0.2) is 10.2 Å². The Bertz CT molecular complexity index is 245. The number of rotatable bonds is 6. The van der Waals surface area contributed by atoms with Crippen LogP contribution in [0.1, 0.15) is 47.0 Å². The molecule has 0 amide bonds. The van der Waals surface area contributed by atoms with Crippen LogP contribution in [0.25, 0.3) is 0 Å². The molecule has 0 aromatic rings. The average molecular weight is 213 g/mol. The summed E-state index contributed by atoms with van der Waals surface area (Å²) in [5.74, 6) is 0.345. The maximum Gasteiger partial charge on any atom is 0.209 e. The number of alkyl halides is 1. The van der Waals surface area contributed by atoms with Crippen LogP contribution in [-0.2, 0) is 0 Å². The summed E-state index contributed by atoms with van der Waals surface area (Å²) in [6.45, 7) is 7.59. The standard InChI is InChI=1S/C11H20FN3/c1-5-6-10(12)14-15-11(4,8-13)7-9(2)3/h9-10H,5-7H2,1-4H3. The molecule has 0 aliphatic carbocycles. The van der Waals surface area contributed by atoms with Gasteiger partial charge in [-0.15, -0.1) is 0 Å². The second-order valence-corrected chi connectivity index (χ2v) is 4.42. The van der Waals surface area contributed by atoms with Gasteiger partial charge in [-0.2, -0.15) is 15.5 Å². The SMILES string of the molecule is CCCC(F)N=NC(C)(C#N)CC(C)C. The van der Waals surface area contributed by atoms with Crippen molar-refractivity contribution in [2.75, 3.05) is 0 Å². The lowest BCUT2D eigenvalue weighted by atomic mass is 9.93. The van der Waals surface area contributed by atoms with Gasteiger partial charge in [-0.3, -0.25) is 0 Å². The first-order chi connectivity index (χ1) is 6.93. The molecule has 0 saturated heterocycles. The summed E-state index contributed by atoms with van der Waals surface area (Å²) in [4.78, 5) is 0. The molecular formula is C11H20FN3. The Morgan fingerprint density at radius 2 is 2.07 bits per heavy atom. The number of halogens is 1. The van der Waals surface area contributed by atoms with Crippen LogP contribution in [0.5, 0.6) is 0 Å². The molecule has 0 aliphatic heterocycles. The second kappa shape index (κ2) is 6.49. The van der Waals surface area contributed by atoms with E-state index < -0.39 is 11.8 Å². The van der Waals surface area contributed by atoms with Crippen molar-refractivity contribution in [3.63, 3.8) is 0 Å². The third-order valence-corrected chi connectivity index (χ3v) is 1.98. The smallest absolute Gasteiger partial charge is 0.209 e. The molecule has 0 heterocycles. The van der Waals surface area contributed by atoms with E-state index in [0.29, 0.717) is 18.8 Å². The lowest BCUT2D eigenvalue weighted by Crippen LogP contribution is -2.21. The number of hydrogen-bond acceptors (Lipinski definition) is 3. The number of azo groups is 1. The van der Waals surface area contributed by atoms with Crippen LogP contribution in [0, 0.1) is 17.2 Å². The Morgan fingerprint density at radius 3 is 2.47 bits per heavy atom. The van der Waals surface area contributed by atoms with E-state index in [0.717, 1.165) is 6.42 Å². The number of nitriles is 1. The summed E-state index contributed by atoms with van der Waals surface area (Å²) in [6, 6.07) is 2.08. The van der Waals surface area contributed by atoms with Crippen LogP contribution >= 0.6 is 0 Å². The van der Waals surface area contributed by atoms with E-state index in [-0.39, 0.29) is 0 Å². The van der Waals surface area contributed by atoms with Gasteiger partial charge in [-0.05, 0) is 19.3 Å². The molecule has 2 unspecified atom stereocenters. The molecule has 0 N–H and O–H groups in total. The van der Waals surface area contributed by atoms with Gasteiger partial charge >= 0.3 is 0 Å². The van der Waals surface area contributed by atoms with E-state index in [9.17, 15) is 4.39 Å². The molecule has 4 heteroatoms. The Morgan fingerprint density at radius 1 is 1.47 bits per heavy atom. The van der Waals surface area contributed by atoms with Gasteiger partial charge in [-0.25, -0.2) is 4.39 Å². The molecule has 2 atom stereocenters. The van der Waals surface area contributed by atoms with Crippen LogP contribution in [0.4, 0.5) is 4.39 Å². The van der Waals surface area contributed by atoms with Gasteiger partial charge in [-0.1, -0.05) is 27.2 Å². The van der Waals surface area contributed by atoms with Crippen molar-refractivity contribution in [3.8, 4) is 6.07 Å². The predicted molar refractivity (Wildman–Crippen MR) is 58.1 cm³/mol. The van der Waals surface area contributed by atoms with Gasteiger partial charge < -0.3 is 0 Å². The van der Waals surface area contributed by atoms with E-state index in [1.54, 1.807) is 6.92 Å². The summed E-state index contributed by atoms with van der Waals surface area (Å²) in [7, 11) is 0. The van der Waals surface area contributed by atoms with Crippen molar-refractivity contribution in [1.29, 1.82) is 5.26 Å². The zero-order valence-electron chi connectivity index (χ0n) is 10.00. The van der Waals surface area contributed by atoms with E-state index in [2.05, 4.69) is 16.3 Å². The molecule has 0 spiro atoms. The fraction of sp³-hybridized carbons (Fsp3) is 0.909. The fourth-order valence-electron chi connectivity index (χ4n) is 1.39. The van der Waals surface area contributed by atoms with Gasteiger partial charge in [0.2, 0.25) is 6.30 Å². The zero-order valence-corrected chi connectivity index (χ0v) is 10.00. The molecule has 0 fully saturated rings. The van der Waals surface area contributed by atoms with Crippen molar-refractivity contribution in [1.82, 2.24) is 0 Å². The Balaban J connectivity index is 4.37. The molecule has 0 rings (SSSR count). The van der Waals surface area contributed by atoms with E-state index in [1.807, 2.05) is 20.8 Å². The highest BCUT2D eigenvalue weighted by molar-refractivity contribution is 5.03. The van der Waals surface area contributed by atoms with Gasteiger partial charge in [0.05, 0.1) is 6.07 Å². The highest BCUT2D eigenvalue weighted by Crippen LogP contribution is 2.21. The second-order valence-electron chi connectivity index (χ2n) is 4.42. The third kappa shape index (κ3) is 6.16. The molecule has 15 heavy (non-hydrogen) atoms. The highest BCUT2D eigenvalue weighted by Gasteiger charge is 2.25. The first-order valence-electron chi connectivity index (χ1n) is 5.41. The predicted octanol–water partition coefficient (Wildman–Crippen LogP) is 3.86. The van der Waals surface area contributed by atoms with Crippen molar-refractivity contribution in [2.24, 2.45) is 16.1 Å². The Hall–Kier alpha value is -0.980.